The Balaban J connectivity index is 1.77. The summed E-state index contributed by atoms with van der Waals surface area (Å²) < 4.78 is 2.49. The van der Waals surface area contributed by atoms with Gasteiger partial charge in [-0.25, -0.2) is 0 Å². The lowest BCUT2D eigenvalue weighted by atomic mass is 10.3. The van der Waals surface area contributed by atoms with E-state index in [1.54, 1.807) is 6.20 Å². The number of nitrogens with zero attached hydrogens (tertiary/aromatic N) is 4. The largest absolute Gasteiger partial charge is 0.481 e. The molecule has 0 spiro atoms. The number of carboxylic acid groups (broad SMARTS) is 1. The molecule has 0 saturated carbocycles. The molecular weight excluding hydrogens is 286 g/mol. The minimum atomic E-state index is -0.856. The van der Waals surface area contributed by atoms with Crippen molar-refractivity contribution in [2.75, 3.05) is 17.6 Å². The van der Waals surface area contributed by atoms with Crippen molar-refractivity contribution in [3.63, 3.8) is 0 Å². The highest BCUT2D eigenvalue weighted by atomic mass is 32.2. The highest BCUT2D eigenvalue weighted by Crippen LogP contribution is 2.25. The molecule has 7 nitrogen and oxygen atoms in total. The minimum Gasteiger partial charge on any atom is -0.481 e. The van der Waals surface area contributed by atoms with Gasteiger partial charge < -0.3 is 10.4 Å². The molecule has 0 unspecified atom stereocenters. The highest BCUT2D eigenvalue weighted by molar-refractivity contribution is 8.01. The number of rotatable bonds is 7. The topological polar surface area (TPSA) is 92.9 Å². The average molecular weight is 299 g/mol. The van der Waals surface area contributed by atoms with E-state index in [1.165, 1.54) is 23.1 Å². The van der Waals surface area contributed by atoms with E-state index in [0.29, 0.717) is 9.47 Å². The predicted molar refractivity (Wildman–Crippen MR) is 73.7 cm³/mol. The zero-order valence-corrected chi connectivity index (χ0v) is 11.9. The summed E-state index contributed by atoms with van der Waals surface area (Å²) in [5.74, 6) is -0.852. The number of nitrogens with one attached hydrogen (secondary N) is 1. The highest BCUT2D eigenvalue weighted by Gasteiger charge is 2.07. The van der Waals surface area contributed by atoms with Crippen molar-refractivity contribution in [1.29, 1.82) is 0 Å². The molecule has 0 fully saturated rings. The maximum Gasteiger partial charge on any atom is 0.313 e. The molecular formula is C10H13N5O2S2. The van der Waals surface area contributed by atoms with Gasteiger partial charge >= 0.3 is 5.97 Å². The van der Waals surface area contributed by atoms with Crippen LogP contribution in [0.5, 0.6) is 0 Å². The number of hydrogen-bond acceptors (Lipinski definition) is 7. The Morgan fingerprint density at radius 2 is 2.42 bits per heavy atom. The molecule has 0 atom stereocenters. The van der Waals surface area contributed by atoms with Crippen LogP contribution in [0.2, 0.25) is 0 Å². The van der Waals surface area contributed by atoms with Gasteiger partial charge in [0.1, 0.15) is 0 Å². The summed E-state index contributed by atoms with van der Waals surface area (Å²) in [6.45, 7) is 0.734. The van der Waals surface area contributed by atoms with E-state index in [1.807, 2.05) is 17.8 Å². The van der Waals surface area contributed by atoms with Gasteiger partial charge in [0.15, 0.2) is 4.34 Å². The van der Waals surface area contributed by atoms with E-state index < -0.39 is 5.97 Å². The molecule has 0 aliphatic rings. The van der Waals surface area contributed by atoms with Gasteiger partial charge in [-0.15, -0.1) is 10.2 Å². The molecule has 2 rings (SSSR count). The summed E-state index contributed by atoms with van der Waals surface area (Å²) in [5.41, 5.74) is 1.14. The van der Waals surface area contributed by atoms with Gasteiger partial charge in [0, 0.05) is 31.9 Å². The SMILES string of the molecule is Cn1nccc1CCNc1nnc(SCC(=O)O)s1. The first kappa shape index (κ1) is 13.8. The normalized spacial score (nSPS) is 10.6. The molecule has 2 N–H and O–H groups in total. The zero-order chi connectivity index (χ0) is 13.7. The molecule has 19 heavy (non-hydrogen) atoms. The number of aromatic nitrogens is 4. The van der Waals surface area contributed by atoms with Crippen LogP contribution in [-0.2, 0) is 18.3 Å². The average Bonchev–Trinajstić information content (AvgIpc) is 2.97. The molecule has 102 valence electrons. The van der Waals surface area contributed by atoms with Gasteiger partial charge in [-0.2, -0.15) is 5.10 Å². The van der Waals surface area contributed by atoms with E-state index >= 15 is 0 Å². The number of aryl methyl sites for hydroxylation is 1. The zero-order valence-electron chi connectivity index (χ0n) is 10.2. The first-order valence-electron chi connectivity index (χ1n) is 5.54. The molecule has 2 heterocycles. The molecule has 0 radical (unpaired) electrons. The summed E-state index contributed by atoms with van der Waals surface area (Å²) >= 11 is 2.53. The summed E-state index contributed by atoms with van der Waals surface area (Å²) in [7, 11) is 1.90. The Kier molecular flexibility index (Phi) is 4.74. The smallest absolute Gasteiger partial charge is 0.313 e. The third-order valence-corrected chi connectivity index (χ3v) is 4.30. The van der Waals surface area contributed by atoms with Crippen molar-refractivity contribution in [1.82, 2.24) is 20.0 Å². The van der Waals surface area contributed by atoms with Crippen LogP contribution in [-0.4, -0.2) is 43.4 Å². The third kappa shape index (κ3) is 4.21. The van der Waals surface area contributed by atoms with Gasteiger partial charge in [-0.05, 0) is 6.07 Å². The Bertz CT molecular complexity index is 554. The fourth-order valence-corrected chi connectivity index (χ4v) is 2.90. The molecule has 2 aromatic rings. The summed E-state index contributed by atoms with van der Waals surface area (Å²) in [6, 6.07) is 1.97. The fourth-order valence-electron chi connectivity index (χ4n) is 1.41. The number of carbonyl (C=O) groups is 1. The van der Waals surface area contributed by atoms with E-state index in [0.717, 1.165) is 18.7 Å². The van der Waals surface area contributed by atoms with Crippen LogP contribution in [0.3, 0.4) is 0 Å². The van der Waals surface area contributed by atoms with Crippen molar-refractivity contribution in [3.05, 3.63) is 18.0 Å². The summed E-state index contributed by atoms with van der Waals surface area (Å²) in [5, 5.41) is 24.4. The van der Waals surface area contributed by atoms with Crippen LogP contribution in [0.15, 0.2) is 16.6 Å². The molecule has 2 aromatic heterocycles. The number of carboxylic acids is 1. The summed E-state index contributed by atoms with van der Waals surface area (Å²) in [6.07, 6.45) is 2.61. The first-order valence-corrected chi connectivity index (χ1v) is 7.34. The molecule has 0 bridgehead atoms. The maximum atomic E-state index is 10.4. The number of aliphatic carboxylic acids is 1. The van der Waals surface area contributed by atoms with Crippen molar-refractivity contribution < 1.29 is 9.90 Å². The molecule has 0 aliphatic heterocycles. The molecule has 0 amide bonds. The van der Waals surface area contributed by atoms with Gasteiger partial charge in [0.25, 0.3) is 0 Å². The molecule has 9 heteroatoms. The van der Waals surface area contributed by atoms with Crippen LogP contribution < -0.4 is 5.32 Å². The van der Waals surface area contributed by atoms with Crippen LogP contribution in [0, 0.1) is 0 Å². The van der Waals surface area contributed by atoms with E-state index in [-0.39, 0.29) is 5.75 Å². The Morgan fingerprint density at radius 3 is 3.11 bits per heavy atom. The number of hydrogen-bond donors (Lipinski definition) is 2. The van der Waals surface area contributed by atoms with Crippen LogP contribution in [0.4, 0.5) is 5.13 Å². The van der Waals surface area contributed by atoms with Gasteiger partial charge in [0.05, 0.1) is 5.75 Å². The quantitative estimate of drug-likeness (QED) is 0.739. The standard InChI is InChI=1S/C10H13N5O2S2/c1-15-7(3-5-12-15)2-4-11-9-13-14-10(19-9)18-6-8(16)17/h3,5H,2,4,6H2,1H3,(H,11,13)(H,16,17). The van der Waals surface area contributed by atoms with E-state index in [2.05, 4.69) is 20.6 Å². The number of anilines is 1. The first-order chi connectivity index (χ1) is 9.15. The van der Waals surface area contributed by atoms with Gasteiger partial charge in [0.2, 0.25) is 5.13 Å². The van der Waals surface area contributed by atoms with Crippen LogP contribution in [0.25, 0.3) is 0 Å². The lowest BCUT2D eigenvalue weighted by Crippen LogP contribution is -2.08. The Labute approximate surface area is 118 Å². The lowest BCUT2D eigenvalue weighted by Gasteiger charge is -2.02. The van der Waals surface area contributed by atoms with E-state index in [9.17, 15) is 4.79 Å². The van der Waals surface area contributed by atoms with Crippen LogP contribution >= 0.6 is 23.1 Å². The molecule has 0 saturated heterocycles. The van der Waals surface area contributed by atoms with E-state index in [4.69, 9.17) is 5.11 Å². The second-order valence-corrected chi connectivity index (χ2v) is 5.88. The monoisotopic (exact) mass is 299 g/mol. The van der Waals surface area contributed by atoms with Crippen molar-refractivity contribution >= 4 is 34.2 Å². The maximum absolute atomic E-state index is 10.4. The van der Waals surface area contributed by atoms with Crippen molar-refractivity contribution in [2.45, 2.75) is 10.8 Å². The number of thioether (sulfide) groups is 1. The van der Waals surface area contributed by atoms with Crippen LogP contribution in [0.1, 0.15) is 5.69 Å². The minimum absolute atomic E-state index is 0.00362. The van der Waals surface area contributed by atoms with Gasteiger partial charge in [-0.3, -0.25) is 9.48 Å². The molecule has 0 aromatic carbocycles. The van der Waals surface area contributed by atoms with Crippen molar-refractivity contribution in [3.8, 4) is 0 Å². The molecule has 0 aliphatic carbocycles. The predicted octanol–water partition coefficient (Wildman–Crippen LogP) is 1.10. The second kappa shape index (κ2) is 6.53. The summed E-state index contributed by atoms with van der Waals surface area (Å²) in [4.78, 5) is 10.4. The van der Waals surface area contributed by atoms with Crippen molar-refractivity contribution in [2.24, 2.45) is 7.05 Å². The Hall–Kier alpha value is -1.61. The van der Waals surface area contributed by atoms with Gasteiger partial charge in [-0.1, -0.05) is 23.1 Å². The lowest BCUT2D eigenvalue weighted by molar-refractivity contribution is -0.133. The second-order valence-electron chi connectivity index (χ2n) is 3.68. The Morgan fingerprint density at radius 1 is 1.58 bits per heavy atom. The fraction of sp³-hybridized carbons (Fsp3) is 0.400. The third-order valence-electron chi connectivity index (χ3n) is 2.31.